The van der Waals surface area contributed by atoms with Crippen LogP contribution in [0, 0.1) is 5.92 Å². The van der Waals surface area contributed by atoms with Crippen molar-refractivity contribution < 1.29 is 42.1 Å². The number of piperazine rings is 1. The van der Waals surface area contributed by atoms with Crippen LogP contribution in [-0.2, 0) is 22.6 Å². The molecule has 52 heavy (non-hydrogen) atoms. The second-order valence-corrected chi connectivity index (χ2v) is 13.3. The Morgan fingerprint density at radius 1 is 0.981 bits per heavy atom. The molecule has 0 aliphatic carbocycles. The number of pyridine rings is 1. The first-order valence-electron chi connectivity index (χ1n) is 17.2. The fraction of sp³-hybridized carbons (Fsp3) is 0.395. The van der Waals surface area contributed by atoms with Crippen molar-refractivity contribution in [2.45, 2.75) is 49.9 Å². The van der Waals surface area contributed by atoms with E-state index in [1.165, 1.54) is 0 Å². The number of nitrogens with zero attached hydrogens (tertiary/aromatic N) is 3. The Labute approximate surface area is 299 Å². The molecule has 0 bridgehead atoms. The topological polar surface area (TPSA) is 140 Å². The normalized spacial score (nSPS) is 20.7. The highest BCUT2D eigenvalue weighted by molar-refractivity contribution is 5.82. The summed E-state index contributed by atoms with van der Waals surface area (Å²) >= 11 is 0. The summed E-state index contributed by atoms with van der Waals surface area (Å²) in [7, 11) is 0. The van der Waals surface area contributed by atoms with Crippen molar-refractivity contribution in [3.63, 3.8) is 0 Å². The van der Waals surface area contributed by atoms with Gasteiger partial charge < -0.3 is 30.0 Å². The van der Waals surface area contributed by atoms with Gasteiger partial charge in [0.15, 0.2) is 0 Å². The first-order chi connectivity index (χ1) is 25.0. The fourth-order valence-corrected chi connectivity index (χ4v) is 6.80. The number of nitrogens with one attached hydrogen (secondary N) is 2. The zero-order chi connectivity index (χ0) is 36.7. The fourth-order valence-electron chi connectivity index (χ4n) is 6.80. The molecule has 2 aromatic heterocycles. The van der Waals surface area contributed by atoms with Gasteiger partial charge in [0, 0.05) is 55.6 Å². The molecule has 2 amide bonds. The quantitative estimate of drug-likeness (QED) is 0.163. The molecule has 2 aromatic carbocycles. The number of carbonyl (C=O) groups is 2. The highest BCUT2D eigenvalue weighted by Gasteiger charge is 2.38. The number of carbonyl (C=O) groups excluding carboxylic acids is 2. The minimum atomic E-state index is -4.59. The Morgan fingerprint density at radius 2 is 1.73 bits per heavy atom. The minimum Gasteiger partial charge on any atom is -0.490 e. The minimum absolute atomic E-state index is 0.00295. The maximum absolute atomic E-state index is 13.9. The Balaban J connectivity index is 1.15. The van der Waals surface area contributed by atoms with Gasteiger partial charge in [0.25, 0.3) is 0 Å². The molecule has 276 valence electrons. The molecule has 0 spiro atoms. The lowest BCUT2D eigenvalue weighted by molar-refractivity contribution is -0.143. The van der Waals surface area contributed by atoms with Crippen LogP contribution in [0.1, 0.15) is 29.3 Å². The van der Waals surface area contributed by atoms with E-state index >= 15 is 0 Å². The van der Waals surface area contributed by atoms with Crippen molar-refractivity contribution in [1.82, 2.24) is 25.4 Å². The molecule has 1 saturated heterocycles. The summed E-state index contributed by atoms with van der Waals surface area (Å²) in [4.78, 5) is 34.8. The molecule has 1 unspecified atom stereocenters. The molecule has 2 aliphatic rings. The number of aliphatic hydroxyl groups excluding tert-OH is 2. The number of ether oxygens (including phenoxy) is 1. The van der Waals surface area contributed by atoms with Crippen LogP contribution in [0.5, 0.6) is 5.75 Å². The van der Waals surface area contributed by atoms with E-state index in [4.69, 9.17) is 9.15 Å². The number of para-hydroxylation sites is 1. The van der Waals surface area contributed by atoms with E-state index < -0.39 is 48.8 Å². The number of fused-ring (bicyclic) bond motifs is 1. The van der Waals surface area contributed by atoms with Gasteiger partial charge in [0.2, 0.25) is 11.8 Å². The number of hydrogen-bond acceptors (Lipinski definition) is 9. The number of aromatic nitrogens is 1. The van der Waals surface area contributed by atoms with E-state index in [0.29, 0.717) is 42.3 Å². The first-order valence-corrected chi connectivity index (χ1v) is 17.2. The van der Waals surface area contributed by atoms with E-state index in [9.17, 15) is 33.0 Å². The first kappa shape index (κ1) is 37.0. The molecule has 4 aromatic rings. The maximum atomic E-state index is 13.9. The van der Waals surface area contributed by atoms with E-state index in [2.05, 4.69) is 10.3 Å². The Bertz CT molecular complexity index is 1780. The summed E-state index contributed by atoms with van der Waals surface area (Å²) in [5, 5.41) is 27.2. The standard InChI is InChI=1S/C38H42F3N5O6/c39-38(40,41)24-43-37(50)31-22-45(21-29-10-11-33(52-29)26-12-14-42-15-13-26)16-17-46(31)20-28(47)19-27(18-25-6-2-1-3-7-25)36(49)44-35-30-8-4-5-9-34(30)51-23-32(35)48/h1-15,27-28,31-32,35,47-48H,16-24H2,(H,43,50)(H,44,49)/t27-,28+,31+,32-,35?/m1/s1. The van der Waals surface area contributed by atoms with Gasteiger partial charge in [-0.15, -0.1) is 0 Å². The molecular formula is C38H42F3N5O6. The van der Waals surface area contributed by atoms with E-state index in [1.54, 1.807) is 41.6 Å². The third-order valence-electron chi connectivity index (χ3n) is 9.39. The number of benzene rings is 2. The van der Waals surface area contributed by atoms with E-state index in [1.807, 2.05) is 64.8 Å². The van der Waals surface area contributed by atoms with E-state index in [0.717, 1.165) is 11.1 Å². The summed E-state index contributed by atoms with van der Waals surface area (Å²) in [5.74, 6) is -0.0839. The average Bonchev–Trinajstić information content (AvgIpc) is 3.61. The number of rotatable bonds is 13. The largest absolute Gasteiger partial charge is 0.490 e. The van der Waals surface area contributed by atoms with Gasteiger partial charge in [-0.2, -0.15) is 13.2 Å². The molecule has 0 radical (unpaired) electrons. The summed E-state index contributed by atoms with van der Waals surface area (Å²) in [6, 6.07) is 22.0. The number of furan rings is 1. The van der Waals surface area contributed by atoms with Crippen LogP contribution in [-0.4, -0.2) is 101 Å². The van der Waals surface area contributed by atoms with Crippen molar-refractivity contribution >= 4 is 11.8 Å². The second kappa shape index (κ2) is 16.7. The summed E-state index contributed by atoms with van der Waals surface area (Å²) in [6.45, 7) is -0.375. The molecule has 0 saturated carbocycles. The smallest absolute Gasteiger partial charge is 0.405 e. The lowest BCUT2D eigenvalue weighted by atomic mass is 9.90. The summed E-state index contributed by atoms with van der Waals surface area (Å²) < 4.78 is 51.0. The van der Waals surface area contributed by atoms with Crippen molar-refractivity contribution in [1.29, 1.82) is 0 Å². The van der Waals surface area contributed by atoms with Crippen LogP contribution < -0.4 is 15.4 Å². The lowest BCUT2D eigenvalue weighted by Crippen LogP contribution is -2.60. The van der Waals surface area contributed by atoms with Crippen LogP contribution in [0.25, 0.3) is 11.3 Å². The van der Waals surface area contributed by atoms with Crippen LogP contribution in [0.4, 0.5) is 13.2 Å². The second-order valence-electron chi connectivity index (χ2n) is 13.3. The van der Waals surface area contributed by atoms with Crippen molar-refractivity contribution in [2.75, 3.05) is 39.3 Å². The maximum Gasteiger partial charge on any atom is 0.405 e. The van der Waals surface area contributed by atoms with Gasteiger partial charge in [-0.05, 0) is 48.7 Å². The number of hydrogen-bond donors (Lipinski definition) is 4. The predicted octanol–water partition coefficient (Wildman–Crippen LogP) is 3.73. The number of halogens is 3. The monoisotopic (exact) mass is 721 g/mol. The molecule has 2 aliphatic heterocycles. The van der Waals surface area contributed by atoms with Crippen molar-refractivity contribution in [2.24, 2.45) is 5.92 Å². The molecular weight excluding hydrogens is 679 g/mol. The Morgan fingerprint density at radius 3 is 2.50 bits per heavy atom. The zero-order valence-corrected chi connectivity index (χ0v) is 28.4. The van der Waals surface area contributed by atoms with Crippen LogP contribution in [0.2, 0.25) is 0 Å². The third-order valence-corrected chi connectivity index (χ3v) is 9.39. The van der Waals surface area contributed by atoms with Gasteiger partial charge in [-0.3, -0.25) is 24.4 Å². The highest BCUT2D eigenvalue weighted by atomic mass is 19.4. The Hall–Kier alpha value is -4.76. The molecule has 4 heterocycles. The predicted molar refractivity (Wildman–Crippen MR) is 185 cm³/mol. The molecule has 11 nitrogen and oxygen atoms in total. The van der Waals surface area contributed by atoms with Crippen LogP contribution in [0.3, 0.4) is 0 Å². The summed E-state index contributed by atoms with van der Waals surface area (Å²) in [5.41, 5.74) is 2.35. The van der Waals surface area contributed by atoms with Crippen LogP contribution in [0.15, 0.2) is 95.7 Å². The number of alkyl halides is 3. The molecule has 1 fully saturated rings. The molecule has 14 heteroatoms. The van der Waals surface area contributed by atoms with Gasteiger partial charge >= 0.3 is 6.18 Å². The number of amides is 2. The number of aliphatic hydroxyl groups is 2. The number of β-amino-alcohol motifs (C(OH)–C–C–N with tert-alkyl or cyclic N) is 1. The van der Waals surface area contributed by atoms with Crippen LogP contribution >= 0.6 is 0 Å². The zero-order valence-electron chi connectivity index (χ0n) is 28.4. The van der Waals surface area contributed by atoms with Crippen molar-refractivity contribution in [3.8, 4) is 17.1 Å². The lowest BCUT2D eigenvalue weighted by Gasteiger charge is -2.41. The third kappa shape index (κ3) is 9.76. The average molecular weight is 722 g/mol. The van der Waals surface area contributed by atoms with Gasteiger partial charge in [-0.25, -0.2) is 0 Å². The molecule has 6 rings (SSSR count). The van der Waals surface area contributed by atoms with Gasteiger partial charge in [0.1, 0.15) is 42.6 Å². The van der Waals surface area contributed by atoms with E-state index in [-0.39, 0.29) is 38.6 Å². The van der Waals surface area contributed by atoms with Gasteiger partial charge in [-0.1, -0.05) is 48.5 Å². The van der Waals surface area contributed by atoms with Crippen molar-refractivity contribution in [3.05, 3.63) is 108 Å². The molecule has 5 atom stereocenters. The highest BCUT2D eigenvalue weighted by Crippen LogP contribution is 2.33. The summed E-state index contributed by atoms with van der Waals surface area (Å²) in [6.07, 6.45) is -3.09. The SMILES string of the molecule is O=C(NC1c2ccccc2OC[C@H]1O)[C@H](Cc1ccccc1)C[C@H](O)CN1CCN(Cc2ccc(-c3ccncc3)o2)C[C@H]1C(=O)NCC(F)(F)F. The Kier molecular flexibility index (Phi) is 11.9. The molecule has 4 N–H and O–H groups in total. The van der Waals surface area contributed by atoms with Gasteiger partial charge in [0.05, 0.1) is 18.7 Å².